The quantitative estimate of drug-likeness (QED) is 0.789. The van der Waals surface area contributed by atoms with Gasteiger partial charge in [-0.25, -0.2) is 4.68 Å². The lowest BCUT2D eigenvalue weighted by Gasteiger charge is -2.05. The number of para-hydroxylation sites is 2. The second kappa shape index (κ2) is 5.48. The molecule has 1 N–H and O–H groups in total. The topological polar surface area (TPSA) is 47.3 Å². The number of phenols is 1. The second-order valence-electron chi connectivity index (χ2n) is 4.37. The van der Waals surface area contributed by atoms with Crippen LogP contribution in [0.2, 0.25) is 0 Å². The molecule has 2 aromatic carbocycles. The number of hydrogen-bond donors (Lipinski definition) is 1. The van der Waals surface area contributed by atoms with Crippen LogP contribution < -0.4 is 4.74 Å². The number of aromatic hydroxyl groups is 1. The first-order chi connectivity index (χ1) is 9.83. The van der Waals surface area contributed by atoms with E-state index in [9.17, 15) is 5.11 Å². The number of aromatic nitrogens is 2. The Labute approximate surface area is 116 Å². The monoisotopic (exact) mass is 266 g/mol. The fraction of sp³-hybridized carbons (Fsp3) is 0.0625. The summed E-state index contributed by atoms with van der Waals surface area (Å²) in [7, 11) is 0. The van der Waals surface area contributed by atoms with Crippen molar-refractivity contribution in [3.05, 3.63) is 72.6 Å². The minimum atomic E-state index is 0.239. The van der Waals surface area contributed by atoms with Gasteiger partial charge in [0, 0.05) is 5.56 Å². The highest BCUT2D eigenvalue weighted by Crippen LogP contribution is 2.19. The van der Waals surface area contributed by atoms with Crippen molar-refractivity contribution >= 4 is 0 Å². The number of nitrogens with zero attached hydrogens (tertiary/aromatic N) is 2. The largest absolute Gasteiger partial charge is 0.508 e. The first kappa shape index (κ1) is 12.3. The van der Waals surface area contributed by atoms with E-state index < -0.39 is 0 Å². The van der Waals surface area contributed by atoms with E-state index in [1.54, 1.807) is 23.0 Å². The minimum Gasteiger partial charge on any atom is -0.508 e. The molecule has 1 aromatic heterocycles. The van der Waals surface area contributed by atoms with Crippen LogP contribution in [0.3, 0.4) is 0 Å². The van der Waals surface area contributed by atoms with E-state index >= 15 is 0 Å². The molecule has 0 aliphatic carbocycles. The van der Waals surface area contributed by atoms with Gasteiger partial charge in [0.15, 0.2) is 5.75 Å². The number of ether oxygens (including phenoxy) is 1. The molecule has 0 aliphatic heterocycles. The van der Waals surface area contributed by atoms with E-state index in [4.69, 9.17) is 4.74 Å². The summed E-state index contributed by atoms with van der Waals surface area (Å²) >= 11 is 0. The van der Waals surface area contributed by atoms with Gasteiger partial charge in [0.2, 0.25) is 0 Å². The van der Waals surface area contributed by atoms with Crippen molar-refractivity contribution in [2.24, 2.45) is 0 Å². The summed E-state index contributed by atoms with van der Waals surface area (Å²) in [6.45, 7) is 0.313. The Morgan fingerprint density at radius 2 is 1.75 bits per heavy atom. The molecule has 0 unspecified atom stereocenters. The van der Waals surface area contributed by atoms with Gasteiger partial charge in [-0.05, 0) is 18.2 Å². The lowest BCUT2D eigenvalue weighted by molar-refractivity contribution is 0.299. The van der Waals surface area contributed by atoms with Crippen LogP contribution in [0, 0.1) is 0 Å². The van der Waals surface area contributed by atoms with Gasteiger partial charge in [0.25, 0.3) is 0 Å². The first-order valence-corrected chi connectivity index (χ1v) is 6.33. The third-order valence-corrected chi connectivity index (χ3v) is 2.97. The van der Waals surface area contributed by atoms with Crippen molar-refractivity contribution in [3.8, 4) is 17.2 Å². The molecule has 0 amide bonds. The van der Waals surface area contributed by atoms with E-state index in [-0.39, 0.29) is 5.75 Å². The molecule has 0 saturated heterocycles. The van der Waals surface area contributed by atoms with Gasteiger partial charge < -0.3 is 9.84 Å². The predicted molar refractivity (Wildman–Crippen MR) is 76.0 cm³/mol. The molecule has 100 valence electrons. The fourth-order valence-electron chi connectivity index (χ4n) is 1.90. The lowest BCUT2D eigenvalue weighted by atomic mass is 10.2. The van der Waals surface area contributed by atoms with Gasteiger partial charge in [-0.2, -0.15) is 5.10 Å². The Balaban J connectivity index is 1.71. The van der Waals surface area contributed by atoms with E-state index in [1.807, 2.05) is 48.7 Å². The molecule has 0 bridgehead atoms. The number of benzene rings is 2. The van der Waals surface area contributed by atoms with Crippen LogP contribution in [0.1, 0.15) is 5.56 Å². The summed E-state index contributed by atoms with van der Waals surface area (Å²) in [6, 6.07) is 16.9. The molecule has 4 heteroatoms. The molecular weight excluding hydrogens is 252 g/mol. The zero-order chi connectivity index (χ0) is 13.8. The predicted octanol–water partition coefficient (Wildman–Crippen LogP) is 3.16. The average Bonchev–Trinajstić information content (AvgIpc) is 2.96. The Bertz CT molecular complexity index is 692. The third kappa shape index (κ3) is 2.64. The summed E-state index contributed by atoms with van der Waals surface area (Å²) < 4.78 is 7.38. The van der Waals surface area contributed by atoms with Gasteiger partial charge in [-0.3, -0.25) is 0 Å². The molecule has 0 radical (unpaired) electrons. The number of rotatable bonds is 4. The van der Waals surface area contributed by atoms with Crippen molar-refractivity contribution < 1.29 is 9.84 Å². The molecule has 3 rings (SSSR count). The zero-order valence-corrected chi connectivity index (χ0v) is 10.8. The molecule has 20 heavy (non-hydrogen) atoms. The molecule has 0 aliphatic rings. The van der Waals surface area contributed by atoms with Crippen LogP contribution in [-0.4, -0.2) is 14.9 Å². The third-order valence-electron chi connectivity index (χ3n) is 2.97. The fourth-order valence-corrected chi connectivity index (χ4v) is 1.90. The maximum Gasteiger partial charge on any atom is 0.158 e. The van der Waals surface area contributed by atoms with Gasteiger partial charge >= 0.3 is 0 Å². The van der Waals surface area contributed by atoms with E-state index in [1.165, 1.54) is 0 Å². The molecule has 4 nitrogen and oxygen atoms in total. The lowest BCUT2D eigenvalue weighted by Crippen LogP contribution is -1.95. The Morgan fingerprint density at radius 3 is 2.55 bits per heavy atom. The summed E-state index contributed by atoms with van der Waals surface area (Å²) in [4.78, 5) is 0. The number of hydrogen-bond acceptors (Lipinski definition) is 3. The molecule has 0 atom stereocenters. The van der Waals surface area contributed by atoms with Crippen molar-refractivity contribution in [1.82, 2.24) is 9.78 Å². The summed E-state index contributed by atoms with van der Waals surface area (Å²) in [5, 5.41) is 13.9. The van der Waals surface area contributed by atoms with Crippen LogP contribution in [-0.2, 0) is 6.61 Å². The second-order valence-corrected chi connectivity index (χ2v) is 4.37. The van der Waals surface area contributed by atoms with E-state index in [2.05, 4.69) is 5.10 Å². The Morgan fingerprint density at radius 1 is 1.00 bits per heavy atom. The molecule has 0 spiro atoms. The van der Waals surface area contributed by atoms with Crippen LogP contribution in [0.25, 0.3) is 5.69 Å². The van der Waals surface area contributed by atoms with Gasteiger partial charge in [0.05, 0.1) is 18.1 Å². The van der Waals surface area contributed by atoms with E-state index in [0.29, 0.717) is 12.4 Å². The summed E-state index contributed by atoms with van der Waals surface area (Å²) in [5.74, 6) is 0.903. The van der Waals surface area contributed by atoms with Crippen LogP contribution in [0.4, 0.5) is 0 Å². The molecule has 3 aromatic rings. The van der Waals surface area contributed by atoms with Crippen molar-refractivity contribution in [1.29, 1.82) is 0 Å². The van der Waals surface area contributed by atoms with Gasteiger partial charge in [-0.15, -0.1) is 0 Å². The van der Waals surface area contributed by atoms with Crippen molar-refractivity contribution in [2.75, 3.05) is 0 Å². The maximum atomic E-state index is 9.67. The van der Waals surface area contributed by atoms with Crippen LogP contribution in [0.5, 0.6) is 11.5 Å². The highest BCUT2D eigenvalue weighted by molar-refractivity contribution is 5.33. The normalized spacial score (nSPS) is 10.4. The maximum absolute atomic E-state index is 9.67. The SMILES string of the molecule is Oc1ccccc1COc1cnn(-c2ccccc2)c1. The van der Waals surface area contributed by atoms with Gasteiger partial charge in [0.1, 0.15) is 12.4 Å². The van der Waals surface area contributed by atoms with Crippen molar-refractivity contribution in [2.45, 2.75) is 6.61 Å². The van der Waals surface area contributed by atoms with Crippen LogP contribution >= 0.6 is 0 Å². The minimum absolute atomic E-state index is 0.239. The van der Waals surface area contributed by atoms with Crippen molar-refractivity contribution in [3.63, 3.8) is 0 Å². The highest BCUT2D eigenvalue weighted by Gasteiger charge is 2.04. The first-order valence-electron chi connectivity index (χ1n) is 6.33. The summed E-state index contributed by atoms with van der Waals surface area (Å²) in [5.41, 5.74) is 1.73. The zero-order valence-electron chi connectivity index (χ0n) is 10.8. The molecular formula is C16H14N2O2. The van der Waals surface area contributed by atoms with Crippen LogP contribution in [0.15, 0.2) is 67.0 Å². The highest BCUT2D eigenvalue weighted by atomic mass is 16.5. The smallest absolute Gasteiger partial charge is 0.158 e. The molecule has 0 fully saturated rings. The average molecular weight is 266 g/mol. The molecule has 1 heterocycles. The van der Waals surface area contributed by atoms with E-state index in [0.717, 1.165) is 11.3 Å². The number of phenolic OH excluding ortho intramolecular Hbond substituents is 1. The Kier molecular flexibility index (Phi) is 3.37. The summed E-state index contributed by atoms with van der Waals surface area (Å²) in [6.07, 6.45) is 3.47. The molecule has 0 saturated carbocycles. The van der Waals surface area contributed by atoms with Gasteiger partial charge in [-0.1, -0.05) is 36.4 Å². The standard InChI is InChI=1S/C16H14N2O2/c19-16-9-5-4-6-13(16)12-20-15-10-17-18(11-15)14-7-2-1-3-8-14/h1-11,19H,12H2. The Hall–Kier alpha value is -2.75.